The number of carbonyl (C=O) groups excluding carboxylic acids is 1. The van der Waals surface area contributed by atoms with E-state index in [-0.39, 0.29) is 11.5 Å². The lowest BCUT2D eigenvalue weighted by Crippen LogP contribution is -1.99. The maximum absolute atomic E-state index is 13.3. The molecule has 4 heteroatoms. The van der Waals surface area contributed by atoms with Gasteiger partial charge in [-0.2, -0.15) is 0 Å². The molecule has 76 valence electrons. The molecule has 1 aromatic carbocycles. The number of ketones is 1. The average Bonchev–Trinajstić information content (AvgIpc) is 2.10. The van der Waals surface area contributed by atoms with E-state index >= 15 is 0 Å². The zero-order valence-corrected chi connectivity index (χ0v) is 9.52. The predicted molar refractivity (Wildman–Crippen MR) is 55.3 cm³/mol. The third kappa shape index (κ3) is 2.32. The van der Waals surface area contributed by atoms with Crippen molar-refractivity contribution in [2.75, 3.05) is 6.61 Å². The van der Waals surface area contributed by atoms with Crippen molar-refractivity contribution in [2.24, 2.45) is 0 Å². The number of hydrogen-bond donors (Lipinski definition) is 0. The van der Waals surface area contributed by atoms with E-state index in [9.17, 15) is 9.18 Å². The Bertz CT molecular complexity index is 363. The van der Waals surface area contributed by atoms with Gasteiger partial charge in [-0.15, -0.1) is 0 Å². The quantitative estimate of drug-likeness (QED) is 0.781. The summed E-state index contributed by atoms with van der Waals surface area (Å²) in [5, 5.41) is 0. The minimum Gasteiger partial charge on any atom is -0.491 e. The molecule has 0 aliphatic rings. The molecule has 0 aliphatic heterocycles. The summed E-state index contributed by atoms with van der Waals surface area (Å²) in [7, 11) is 0. The van der Waals surface area contributed by atoms with Crippen LogP contribution in [0, 0.1) is 5.82 Å². The molecule has 0 aromatic heterocycles. The molecule has 0 aliphatic carbocycles. The fourth-order valence-electron chi connectivity index (χ4n) is 1.06. The van der Waals surface area contributed by atoms with Crippen LogP contribution in [0.3, 0.4) is 0 Å². The van der Waals surface area contributed by atoms with Crippen molar-refractivity contribution in [3.8, 4) is 5.75 Å². The monoisotopic (exact) mass is 260 g/mol. The van der Waals surface area contributed by atoms with Gasteiger partial charge in [0.15, 0.2) is 17.3 Å². The van der Waals surface area contributed by atoms with E-state index in [0.29, 0.717) is 16.6 Å². The maximum atomic E-state index is 13.3. The summed E-state index contributed by atoms with van der Waals surface area (Å²) in [5.41, 5.74) is 0.325. The van der Waals surface area contributed by atoms with Crippen LogP contribution in [0.15, 0.2) is 16.6 Å². The third-order valence-electron chi connectivity index (χ3n) is 1.70. The van der Waals surface area contributed by atoms with Gasteiger partial charge in [0.25, 0.3) is 0 Å². The van der Waals surface area contributed by atoms with Crippen LogP contribution in [0.2, 0.25) is 0 Å². The Morgan fingerprint density at radius 2 is 2.21 bits per heavy atom. The number of hydrogen-bond acceptors (Lipinski definition) is 2. The molecular formula is C10H10BrFO2. The van der Waals surface area contributed by atoms with Gasteiger partial charge in [-0.05, 0) is 41.9 Å². The van der Waals surface area contributed by atoms with Crippen molar-refractivity contribution in [1.82, 2.24) is 0 Å². The molecule has 2 nitrogen and oxygen atoms in total. The predicted octanol–water partition coefficient (Wildman–Crippen LogP) is 3.19. The van der Waals surface area contributed by atoms with Gasteiger partial charge in [0.2, 0.25) is 0 Å². The smallest absolute Gasteiger partial charge is 0.165 e. The molecule has 1 rings (SSSR count). The molecule has 0 saturated heterocycles. The SMILES string of the molecule is CCOc1cc(Br)c(C(C)=O)cc1F. The summed E-state index contributed by atoms with van der Waals surface area (Å²) in [6.07, 6.45) is 0. The highest BCUT2D eigenvalue weighted by atomic mass is 79.9. The van der Waals surface area contributed by atoms with Crippen molar-refractivity contribution in [1.29, 1.82) is 0 Å². The van der Waals surface area contributed by atoms with Crippen LogP contribution in [-0.2, 0) is 0 Å². The lowest BCUT2D eigenvalue weighted by molar-refractivity contribution is 0.101. The fraction of sp³-hybridized carbons (Fsp3) is 0.300. The Hall–Kier alpha value is -0.900. The highest BCUT2D eigenvalue weighted by Crippen LogP contribution is 2.26. The van der Waals surface area contributed by atoms with Crippen molar-refractivity contribution in [3.63, 3.8) is 0 Å². The molecule has 0 radical (unpaired) electrons. The molecule has 0 atom stereocenters. The number of carbonyl (C=O) groups is 1. The van der Waals surface area contributed by atoms with Gasteiger partial charge in [0.05, 0.1) is 6.61 Å². The van der Waals surface area contributed by atoms with E-state index in [4.69, 9.17) is 4.74 Å². The zero-order chi connectivity index (χ0) is 10.7. The van der Waals surface area contributed by atoms with Crippen molar-refractivity contribution in [2.45, 2.75) is 13.8 Å². The average molecular weight is 261 g/mol. The number of rotatable bonds is 3. The third-order valence-corrected chi connectivity index (χ3v) is 2.36. The molecule has 0 fully saturated rings. The van der Waals surface area contributed by atoms with Gasteiger partial charge in [-0.1, -0.05) is 0 Å². The van der Waals surface area contributed by atoms with Gasteiger partial charge < -0.3 is 4.74 Å². The molecule has 0 N–H and O–H groups in total. The van der Waals surface area contributed by atoms with E-state index in [1.165, 1.54) is 19.1 Å². The molecule has 0 spiro atoms. The fourth-order valence-corrected chi connectivity index (χ4v) is 1.67. The van der Waals surface area contributed by atoms with Crippen LogP contribution in [0.25, 0.3) is 0 Å². The minimum absolute atomic E-state index is 0.157. The molecule has 0 bridgehead atoms. The normalized spacial score (nSPS) is 10.0. The van der Waals surface area contributed by atoms with Gasteiger partial charge in [0.1, 0.15) is 0 Å². The first-order valence-electron chi connectivity index (χ1n) is 4.19. The molecule has 14 heavy (non-hydrogen) atoms. The van der Waals surface area contributed by atoms with Gasteiger partial charge in [0, 0.05) is 10.0 Å². The first-order valence-corrected chi connectivity index (χ1v) is 4.98. The first-order chi connectivity index (χ1) is 6.56. The van der Waals surface area contributed by atoms with Crippen LogP contribution < -0.4 is 4.74 Å². The molecule has 1 aromatic rings. The van der Waals surface area contributed by atoms with E-state index in [1.54, 1.807) is 6.92 Å². The number of benzene rings is 1. The maximum Gasteiger partial charge on any atom is 0.165 e. The molecular weight excluding hydrogens is 251 g/mol. The Balaban J connectivity index is 3.17. The van der Waals surface area contributed by atoms with E-state index < -0.39 is 5.82 Å². The highest BCUT2D eigenvalue weighted by molar-refractivity contribution is 9.10. The molecule has 0 saturated carbocycles. The largest absolute Gasteiger partial charge is 0.491 e. The first kappa shape index (κ1) is 11.2. The van der Waals surface area contributed by atoms with Gasteiger partial charge in [-0.3, -0.25) is 4.79 Å². The number of halogens is 2. The summed E-state index contributed by atoms with van der Waals surface area (Å²) < 4.78 is 18.9. The Kier molecular flexibility index (Phi) is 3.63. The van der Waals surface area contributed by atoms with E-state index in [0.717, 1.165) is 0 Å². The molecule has 0 unspecified atom stereocenters. The van der Waals surface area contributed by atoms with Gasteiger partial charge in [-0.25, -0.2) is 4.39 Å². The second kappa shape index (κ2) is 4.55. The lowest BCUT2D eigenvalue weighted by atomic mass is 10.1. The summed E-state index contributed by atoms with van der Waals surface area (Å²) in [4.78, 5) is 11.1. The number of ether oxygens (including phenoxy) is 1. The van der Waals surface area contributed by atoms with Crippen molar-refractivity contribution in [3.05, 3.63) is 28.0 Å². The molecule has 0 amide bonds. The number of Topliss-reactive ketones (excluding diaryl/α,β-unsaturated/α-hetero) is 1. The van der Waals surface area contributed by atoms with Gasteiger partial charge >= 0.3 is 0 Å². The van der Waals surface area contributed by atoms with Crippen molar-refractivity contribution >= 4 is 21.7 Å². The molecule has 0 heterocycles. The standard InChI is InChI=1S/C10H10BrFO2/c1-3-14-10-5-8(11)7(6(2)13)4-9(10)12/h4-5H,3H2,1-2H3. The van der Waals surface area contributed by atoms with Crippen LogP contribution in [0.4, 0.5) is 4.39 Å². The second-order valence-corrected chi connectivity index (χ2v) is 3.61. The lowest BCUT2D eigenvalue weighted by Gasteiger charge is -2.07. The minimum atomic E-state index is -0.514. The summed E-state index contributed by atoms with van der Waals surface area (Å²) >= 11 is 3.18. The highest BCUT2D eigenvalue weighted by Gasteiger charge is 2.11. The van der Waals surface area contributed by atoms with Crippen molar-refractivity contribution < 1.29 is 13.9 Å². The summed E-state index contributed by atoms with van der Waals surface area (Å²) in [5.74, 6) is -0.538. The van der Waals surface area contributed by atoms with Crippen LogP contribution >= 0.6 is 15.9 Å². The summed E-state index contributed by atoms with van der Waals surface area (Å²) in [6, 6.07) is 2.65. The zero-order valence-electron chi connectivity index (χ0n) is 7.93. The topological polar surface area (TPSA) is 26.3 Å². The van der Waals surface area contributed by atoms with E-state index in [2.05, 4.69) is 15.9 Å². The van der Waals surface area contributed by atoms with Crippen LogP contribution in [0.5, 0.6) is 5.75 Å². The second-order valence-electron chi connectivity index (χ2n) is 2.75. The Morgan fingerprint density at radius 1 is 1.57 bits per heavy atom. The van der Waals surface area contributed by atoms with Crippen LogP contribution in [0.1, 0.15) is 24.2 Å². The van der Waals surface area contributed by atoms with Crippen LogP contribution in [-0.4, -0.2) is 12.4 Å². The Labute approximate surface area is 90.2 Å². The van der Waals surface area contributed by atoms with E-state index in [1.807, 2.05) is 0 Å². The Morgan fingerprint density at radius 3 is 2.71 bits per heavy atom. The summed E-state index contributed by atoms with van der Waals surface area (Å²) in [6.45, 7) is 3.55.